The number of piperidine rings is 1. The zero-order chi connectivity index (χ0) is 14.5. The van der Waals surface area contributed by atoms with Crippen LogP contribution in [0.2, 0.25) is 0 Å². The lowest BCUT2D eigenvalue weighted by molar-refractivity contribution is 0.217. The number of hydrogen-bond donors (Lipinski definition) is 1. The first-order valence-electron chi connectivity index (χ1n) is 7.29. The van der Waals surface area contributed by atoms with E-state index in [1.54, 1.807) is 14.2 Å². The van der Waals surface area contributed by atoms with Crippen LogP contribution in [0.5, 0.6) is 11.5 Å². The van der Waals surface area contributed by atoms with Gasteiger partial charge in [-0.2, -0.15) is 0 Å². The molecule has 4 nitrogen and oxygen atoms in total. The number of ether oxygens (including phenoxy) is 2. The predicted octanol–water partition coefficient (Wildman–Crippen LogP) is 2.77. The Morgan fingerprint density at radius 3 is 2.60 bits per heavy atom. The summed E-state index contributed by atoms with van der Waals surface area (Å²) in [6, 6.07) is 4.05. The molecule has 1 N–H and O–H groups in total. The van der Waals surface area contributed by atoms with Crippen LogP contribution < -0.4 is 14.8 Å². The third-order valence-corrected chi connectivity index (χ3v) is 4.03. The molecular weight excluding hydrogens is 252 g/mol. The predicted molar refractivity (Wildman–Crippen MR) is 83.0 cm³/mol. The molecule has 4 heteroatoms. The van der Waals surface area contributed by atoms with Crippen molar-refractivity contribution in [3.63, 3.8) is 0 Å². The van der Waals surface area contributed by atoms with Gasteiger partial charge in [-0.05, 0) is 50.9 Å². The summed E-state index contributed by atoms with van der Waals surface area (Å²) in [6.45, 7) is 5.52. The van der Waals surface area contributed by atoms with Crippen molar-refractivity contribution in [3.05, 3.63) is 17.7 Å². The summed E-state index contributed by atoms with van der Waals surface area (Å²) in [5.41, 5.74) is 2.32. The number of aryl methyl sites for hydroxylation is 1. The molecule has 1 atom stereocenters. The van der Waals surface area contributed by atoms with Gasteiger partial charge in [-0.1, -0.05) is 0 Å². The third kappa shape index (κ3) is 3.57. The lowest BCUT2D eigenvalue weighted by Gasteiger charge is -2.30. The zero-order valence-electron chi connectivity index (χ0n) is 13.0. The van der Waals surface area contributed by atoms with Gasteiger partial charge in [0, 0.05) is 24.8 Å². The summed E-state index contributed by atoms with van der Waals surface area (Å²) in [7, 11) is 5.54. The number of likely N-dealkylation sites (tertiary alicyclic amines) is 1. The third-order valence-electron chi connectivity index (χ3n) is 4.03. The van der Waals surface area contributed by atoms with E-state index in [0.29, 0.717) is 0 Å². The fourth-order valence-electron chi connectivity index (χ4n) is 2.87. The summed E-state index contributed by atoms with van der Waals surface area (Å²) < 4.78 is 10.7. The van der Waals surface area contributed by atoms with Gasteiger partial charge in [0.2, 0.25) is 0 Å². The Balaban J connectivity index is 2.01. The van der Waals surface area contributed by atoms with Crippen molar-refractivity contribution in [2.75, 3.05) is 46.2 Å². The standard InChI is InChI=1S/C16H26N2O2/c1-12-8-15(19-3)16(20-4)9-14(12)17-10-13-6-5-7-18(2)11-13/h8-9,13,17H,5-7,10-11H2,1-4H3. The number of nitrogens with one attached hydrogen (secondary N) is 1. The van der Waals surface area contributed by atoms with Gasteiger partial charge in [-0.15, -0.1) is 0 Å². The summed E-state index contributed by atoms with van der Waals surface area (Å²) in [6.07, 6.45) is 2.61. The molecule has 1 aliphatic rings. The average molecular weight is 278 g/mol. The highest BCUT2D eigenvalue weighted by Crippen LogP contribution is 2.33. The van der Waals surface area contributed by atoms with Crippen LogP contribution in [0.25, 0.3) is 0 Å². The summed E-state index contributed by atoms with van der Waals surface area (Å²) >= 11 is 0. The monoisotopic (exact) mass is 278 g/mol. The van der Waals surface area contributed by atoms with Crippen LogP contribution >= 0.6 is 0 Å². The van der Waals surface area contributed by atoms with E-state index < -0.39 is 0 Å². The lowest BCUT2D eigenvalue weighted by atomic mass is 9.98. The summed E-state index contributed by atoms with van der Waals surface area (Å²) in [4.78, 5) is 2.41. The van der Waals surface area contributed by atoms with Crippen molar-refractivity contribution in [2.45, 2.75) is 19.8 Å². The largest absolute Gasteiger partial charge is 0.493 e. The van der Waals surface area contributed by atoms with Crippen LogP contribution in [-0.4, -0.2) is 45.8 Å². The molecule has 0 saturated carbocycles. The van der Waals surface area contributed by atoms with Gasteiger partial charge in [-0.25, -0.2) is 0 Å². The van der Waals surface area contributed by atoms with Crippen molar-refractivity contribution in [3.8, 4) is 11.5 Å². The van der Waals surface area contributed by atoms with Crippen LogP contribution in [-0.2, 0) is 0 Å². The lowest BCUT2D eigenvalue weighted by Crippen LogP contribution is -2.35. The molecule has 1 aliphatic heterocycles. The molecule has 0 bridgehead atoms. The molecule has 1 saturated heterocycles. The minimum Gasteiger partial charge on any atom is -0.493 e. The Morgan fingerprint density at radius 2 is 1.95 bits per heavy atom. The van der Waals surface area contributed by atoms with Crippen molar-refractivity contribution >= 4 is 5.69 Å². The van der Waals surface area contributed by atoms with Crippen LogP contribution in [0.1, 0.15) is 18.4 Å². The minimum absolute atomic E-state index is 0.723. The second-order valence-electron chi connectivity index (χ2n) is 5.67. The second kappa shape index (κ2) is 6.84. The van der Waals surface area contributed by atoms with E-state index in [2.05, 4.69) is 24.2 Å². The number of rotatable bonds is 5. The van der Waals surface area contributed by atoms with Crippen molar-refractivity contribution in [1.29, 1.82) is 0 Å². The quantitative estimate of drug-likeness (QED) is 0.898. The Hall–Kier alpha value is -1.42. The van der Waals surface area contributed by atoms with E-state index in [-0.39, 0.29) is 0 Å². The highest BCUT2D eigenvalue weighted by Gasteiger charge is 2.17. The number of methoxy groups -OCH3 is 2. The Bertz CT molecular complexity index is 448. The molecular formula is C16H26N2O2. The summed E-state index contributed by atoms with van der Waals surface area (Å²) in [5, 5.41) is 3.57. The van der Waals surface area contributed by atoms with E-state index in [1.807, 2.05) is 12.1 Å². The number of hydrogen-bond acceptors (Lipinski definition) is 4. The molecule has 0 aliphatic carbocycles. The van der Waals surface area contributed by atoms with Gasteiger partial charge >= 0.3 is 0 Å². The first-order chi connectivity index (χ1) is 9.63. The SMILES string of the molecule is COc1cc(C)c(NCC2CCCN(C)C2)cc1OC. The molecule has 1 heterocycles. The summed E-state index contributed by atoms with van der Waals surface area (Å²) in [5.74, 6) is 2.29. The topological polar surface area (TPSA) is 33.7 Å². The van der Waals surface area contributed by atoms with Crippen LogP contribution in [0, 0.1) is 12.8 Å². The van der Waals surface area contributed by atoms with E-state index in [4.69, 9.17) is 9.47 Å². The first kappa shape index (κ1) is 15.0. The maximum atomic E-state index is 5.37. The fourth-order valence-corrected chi connectivity index (χ4v) is 2.87. The molecule has 20 heavy (non-hydrogen) atoms. The molecule has 0 radical (unpaired) electrons. The smallest absolute Gasteiger partial charge is 0.162 e. The van der Waals surface area contributed by atoms with Crippen LogP contribution in [0.15, 0.2) is 12.1 Å². The molecule has 2 rings (SSSR count). The Morgan fingerprint density at radius 1 is 1.25 bits per heavy atom. The number of anilines is 1. The molecule has 1 aromatic rings. The van der Waals surface area contributed by atoms with Gasteiger partial charge < -0.3 is 19.7 Å². The second-order valence-corrected chi connectivity index (χ2v) is 5.67. The number of benzene rings is 1. The van der Waals surface area contributed by atoms with E-state index >= 15 is 0 Å². The van der Waals surface area contributed by atoms with Crippen LogP contribution in [0.4, 0.5) is 5.69 Å². The Kier molecular flexibility index (Phi) is 5.12. The average Bonchev–Trinajstić information content (AvgIpc) is 2.45. The van der Waals surface area contributed by atoms with Crippen molar-refractivity contribution < 1.29 is 9.47 Å². The molecule has 0 amide bonds. The molecule has 1 unspecified atom stereocenters. The van der Waals surface area contributed by atoms with Crippen LogP contribution in [0.3, 0.4) is 0 Å². The minimum atomic E-state index is 0.723. The molecule has 112 valence electrons. The maximum Gasteiger partial charge on any atom is 0.162 e. The normalized spacial score (nSPS) is 19.7. The van der Waals surface area contributed by atoms with E-state index in [0.717, 1.165) is 29.6 Å². The van der Waals surface area contributed by atoms with Gasteiger partial charge in [0.1, 0.15) is 0 Å². The van der Waals surface area contributed by atoms with E-state index in [1.165, 1.54) is 31.5 Å². The maximum absolute atomic E-state index is 5.37. The molecule has 0 spiro atoms. The molecule has 0 aromatic heterocycles. The van der Waals surface area contributed by atoms with Crippen molar-refractivity contribution in [2.24, 2.45) is 5.92 Å². The fraction of sp³-hybridized carbons (Fsp3) is 0.625. The van der Waals surface area contributed by atoms with Crippen molar-refractivity contribution in [1.82, 2.24) is 4.90 Å². The van der Waals surface area contributed by atoms with Gasteiger partial charge in [0.15, 0.2) is 11.5 Å². The van der Waals surface area contributed by atoms with Gasteiger partial charge in [0.05, 0.1) is 14.2 Å². The highest BCUT2D eigenvalue weighted by atomic mass is 16.5. The highest BCUT2D eigenvalue weighted by molar-refractivity contribution is 5.60. The van der Waals surface area contributed by atoms with E-state index in [9.17, 15) is 0 Å². The molecule has 1 aromatic carbocycles. The van der Waals surface area contributed by atoms with Gasteiger partial charge in [0.25, 0.3) is 0 Å². The molecule has 1 fully saturated rings. The first-order valence-corrected chi connectivity index (χ1v) is 7.29. The number of nitrogens with zero attached hydrogens (tertiary/aromatic N) is 1. The van der Waals surface area contributed by atoms with Gasteiger partial charge in [-0.3, -0.25) is 0 Å². The zero-order valence-corrected chi connectivity index (χ0v) is 13.0. The Labute approximate surface area is 122 Å².